The van der Waals surface area contributed by atoms with Gasteiger partial charge in [-0.15, -0.1) is 0 Å². The van der Waals surface area contributed by atoms with E-state index in [1.807, 2.05) is 35.2 Å². The molecule has 1 aliphatic heterocycles. The number of hydrogen-bond acceptors (Lipinski definition) is 6. The topological polar surface area (TPSA) is 70.8 Å². The van der Waals surface area contributed by atoms with Crippen molar-refractivity contribution in [2.75, 3.05) is 38.2 Å². The molecule has 0 aliphatic carbocycles. The Kier molecular flexibility index (Phi) is 6.47. The number of amides is 1. The van der Waals surface area contributed by atoms with E-state index in [4.69, 9.17) is 9.15 Å². The normalized spacial score (nSPS) is 14.5. The van der Waals surface area contributed by atoms with Crippen LogP contribution >= 0.6 is 0 Å². The molecule has 1 fully saturated rings. The van der Waals surface area contributed by atoms with E-state index in [0.717, 1.165) is 37.5 Å². The minimum Gasteiger partial charge on any atom is -0.497 e. The molecule has 4 rings (SSSR count). The minimum absolute atomic E-state index is 0.200. The molecule has 0 radical (unpaired) electrons. The number of halogens is 1. The van der Waals surface area contributed by atoms with Gasteiger partial charge < -0.3 is 19.4 Å². The largest absolute Gasteiger partial charge is 0.497 e. The van der Waals surface area contributed by atoms with Crippen LogP contribution in [-0.2, 0) is 13.1 Å². The lowest BCUT2D eigenvalue weighted by Crippen LogP contribution is -2.46. The number of ether oxygens (including phenoxy) is 1. The van der Waals surface area contributed by atoms with Crippen LogP contribution in [0.1, 0.15) is 21.9 Å². The molecule has 31 heavy (non-hydrogen) atoms. The van der Waals surface area contributed by atoms with Crippen molar-refractivity contribution in [1.29, 1.82) is 0 Å². The summed E-state index contributed by atoms with van der Waals surface area (Å²) in [5.41, 5.74) is 1.85. The highest BCUT2D eigenvalue weighted by molar-refractivity contribution is 5.91. The predicted molar refractivity (Wildman–Crippen MR) is 115 cm³/mol. The Balaban J connectivity index is 1.26. The standard InChI is InChI=1S/C23H25FN4O3/c1-30-18-8-6-17(7-9-18)14-25-23(29)20-16-31-22(26-20)15-27-10-12-28(13-11-27)21-5-3-2-4-19(21)24/h2-9,16H,10-15H2,1H3,(H,25,29). The van der Waals surface area contributed by atoms with Gasteiger partial charge in [0.05, 0.1) is 19.3 Å². The molecule has 3 aromatic rings. The van der Waals surface area contributed by atoms with E-state index in [1.54, 1.807) is 19.2 Å². The van der Waals surface area contributed by atoms with Gasteiger partial charge in [0.2, 0.25) is 5.89 Å². The summed E-state index contributed by atoms with van der Waals surface area (Å²) in [4.78, 5) is 20.9. The first-order valence-electron chi connectivity index (χ1n) is 10.2. The highest BCUT2D eigenvalue weighted by atomic mass is 19.1. The second kappa shape index (κ2) is 9.61. The first-order chi connectivity index (χ1) is 15.1. The Hall–Kier alpha value is -3.39. The van der Waals surface area contributed by atoms with Crippen LogP contribution in [0.4, 0.5) is 10.1 Å². The molecule has 2 heterocycles. The second-order valence-electron chi connectivity index (χ2n) is 7.37. The maximum atomic E-state index is 14.0. The van der Waals surface area contributed by atoms with Crippen molar-refractivity contribution in [3.05, 3.63) is 77.8 Å². The number of oxazole rings is 1. The third kappa shape index (κ3) is 5.21. The molecular formula is C23H25FN4O3. The molecule has 1 saturated heterocycles. The summed E-state index contributed by atoms with van der Waals surface area (Å²) in [6, 6.07) is 14.3. The van der Waals surface area contributed by atoms with Crippen molar-refractivity contribution in [1.82, 2.24) is 15.2 Å². The Labute approximate surface area is 180 Å². The maximum absolute atomic E-state index is 14.0. The molecule has 0 saturated carbocycles. The van der Waals surface area contributed by atoms with Crippen LogP contribution in [-0.4, -0.2) is 49.1 Å². The van der Waals surface area contributed by atoms with Crippen LogP contribution < -0.4 is 15.0 Å². The zero-order chi connectivity index (χ0) is 21.6. The molecule has 1 amide bonds. The molecule has 0 atom stereocenters. The molecular weight excluding hydrogens is 399 g/mol. The number of rotatable bonds is 7. The number of aromatic nitrogens is 1. The third-order valence-electron chi connectivity index (χ3n) is 5.32. The molecule has 0 bridgehead atoms. The lowest BCUT2D eigenvalue weighted by Gasteiger charge is -2.35. The van der Waals surface area contributed by atoms with Gasteiger partial charge in [0, 0.05) is 32.7 Å². The van der Waals surface area contributed by atoms with Gasteiger partial charge in [-0.1, -0.05) is 24.3 Å². The Morgan fingerprint density at radius 1 is 1.13 bits per heavy atom. The van der Waals surface area contributed by atoms with Crippen LogP contribution in [0.2, 0.25) is 0 Å². The fourth-order valence-corrected chi connectivity index (χ4v) is 3.55. The van der Waals surface area contributed by atoms with Gasteiger partial charge in [0.25, 0.3) is 5.91 Å². The average Bonchev–Trinajstić information content (AvgIpc) is 3.27. The molecule has 0 spiro atoms. The minimum atomic E-state index is -0.282. The van der Waals surface area contributed by atoms with E-state index in [1.165, 1.54) is 12.3 Å². The van der Waals surface area contributed by atoms with Crippen molar-refractivity contribution in [3.63, 3.8) is 0 Å². The smallest absolute Gasteiger partial charge is 0.273 e. The van der Waals surface area contributed by atoms with E-state index < -0.39 is 0 Å². The van der Waals surface area contributed by atoms with Crippen molar-refractivity contribution in [2.24, 2.45) is 0 Å². The van der Waals surface area contributed by atoms with E-state index in [0.29, 0.717) is 24.7 Å². The second-order valence-corrected chi connectivity index (χ2v) is 7.37. The molecule has 8 heteroatoms. The van der Waals surface area contributed by atoms with Crippen LogP contribution in [0.5, 0.6) is 5.75 Å². The van der Waals surface area contributed by atoms with Gasteiger partial charge in [-0.05, 0) is 29.8 Å². The van der Waals surface area contributed by atoms with Gasteiger partial charge in [-0.25, -0.2) is 9.37 Å². The van der Waals surface area contributed by atoms with Crippen molar-refractivity contribution in [3.8, 4) is 5.75 Å². The van der Waals surface area contributed by atoms with Gasteiger partial charge >= 0.3 is 0 Å². The van der Waals surface area contributed by atoms with Gasteiger partial charge in [-0.2, -0.15) is 0 Å². The number of carbonyl (C=O) groups excluding carboxylic acids is 1. The number of para-hydroxylation sites is 1. The molecule has 2 aromatic carbocycles. The number of carbonyl (C=O) groups is 1. The van der Waals surface area contributed by atoms with Gasteiger partial charge in [0.1, 0.15) is 17.8 Å². The fraction of sp³-hybridized carbons (Fsp3) is 0.304. The maximum Gasteiger partial charge on any atom is 0.273 e. The average molecular weight is 424 g/mol. The molecule has 1 aromatic heterocycles. The molecule has 1 N–H and O–H groups in total. The number of anilines is 1. The van der Waals surface area contributed by atoms with Crippen molar-refractivity contribution in [2.45, 2.75) is 13.1 Å². The fourth-order valence-electron chi connectivity index (χ4n) is 3.55. The van der Waals surface area contributed by atoms with E-state index in [9.17, 15) is 9.18 Å². The summed E-state index contributed by atoms with van der Waals surface area (Å²) in [6.45, 7) is 3.86. The Morgan fingerprint density at radius 2 is 1.87 bits per heavy atom. The Bertz CT molecular complexity index is 1010. The zero-order valence-corrected chi connectivity index (χ0v) is 17.4. The molecule has 162 valence electrons. The van der Waals surface area contributed by atoms with Crippen LogP contribution in [0.3, 0.4) is 0 Å². The summed E-state index contributed by atoms with van der Waals surface area (Å²) in [6.07, 6.45) is 1.38. The quantitative estimate of drug-likeness (QED) is 0.629. The Morgan fingerprint density at radius 3 is 2.58 bits per heavy atom. The van der Waals surface area contributed by atoms with Gasteiger partial charge in [0.15, 0.2) is 5.69 Å². The third-order valence-corrected chi connectivity index (χ3v) is 5.32. The van der Waals surface area contributed by atoms with Gasteiger partial charge in [-0.3, -0.25) is 9.69 Å². The first kappa shape index (κ1) is 20.9. The lowest BCUT2D eigenvalue weighted by molar-refractivity contribution is 0.0945. The van der Waals surface area contributed by atoms with E-state index in [2.05, 4.69) is 15.2 Å². The van der Waals surface area contributed by atoms with Crippen molar-refractivity contribution < 1.29 is 18.3 Å². The lowest BCUT2D eigenvalue weighted by atomic mass is 10.2. The summed E-state index contributed by atoms with van der Waals surface area (Å²) in [5, 5.41) is 2.84. The molecule has 7 nitrogen and oxygen atoms in total. The summed E-state index contributed by atoms with van der Waals surface area (Å²) in [5.74, 6) is 0.782. The first-order valence-corrected chi connectivity index (χ1v) is 10.2. The summed E-state index contributed by atoms with van der Waals surface area (Å²) in [7, 11) is 1.61. The molecule has 0 unspecified atom stereocenters. The summed E-state index contributed by atoms with van der Waals surface area (Å²) < 4.78 is 24.6. The number of benzene rings is 2. The highest BCUT2D eigenvalue weighted by Gasteiger charge is 2.21. The SMILES string of the molecule is COc1ccc(CNC(=O)c2coc(CN3CCN(c4ccccc4F)CC3)n2)cc1. The molecule has 1 aliphatic rings. The number of nitrogens with one attached hydrogen (secondary N) is 1. The number of piperazine rings is 1. The number of hydrogen-bond donors (Lipinski definition) is 1. The zero-order valence-electron chi connectivity index (χ0n) is 17.4. The van der Waals surface area contributed by atoms with Crippen LogP contribution in [0.25, 0.3) is 0 Å². The predicted octanol–water partition coefficient (Wildman–Crippen LogP) is 3.07. The van der Waals surface area contributed by atoms with Crippen LogP contribution in [0, 0.1) is 5.82 Å². The van der Waals surface area contributed by atoms with Crippen LogP contribution in [0.15, 0.2) is 59.2 Å². The monoisotopic (exact) mass is 424 g/mol. The highest BCUT2D eigenvalue weighted by Crippen LogP contribution is 2.20. The van der Waals surface area contributed by atoms with E-state index in [-0.39, 0.29) is 17.4 Å². The summed E-state index contributed by atoms with van der Waals surface area (Å²) >= 11 is 0. The van der Waals surface area contributed by atoms with E-state index >= 15 is 0 Å². The number of nitrogens with zero attached hydrogens (tertiary/aromatic N) is 3. The van der Waals surface area contributed by atoms with Crippen molar-refractivity contribution >= 4 is 11.6 Å². The number of methoxy groups -OCH3 is 1.